The SMILES string of the molecule is Cc1cccc(Oc2cncc(N)c2)c1C. The van der Waals surface area contributed by atoms with Crippen LogP contribution in [0.1, 0.15) is 11.1 Å². The highest BCUT2D eigenvalue weighted by atomic mass is 16.5. The summed E-state index contributed by atoms with van der Waals surface area (Å²) in [6.45, 7) is 4.09. The summed E-state index contributed by atoms with van der Waals surface area (Å²) >= 11 is 0. The third kappa shape index (κ3) is 2.14. The Hall–Kier alpha value is -2.03. The molecule has 3 nitrogen and oxygen atoms in total. The van der Waals surface area contributed by atoms with Crippen molar-refractivity contribution < 1.29 is 4.74 Å². The van der Waals surface area contributed by atoms with Gasteiger partial charge in [-0.25, -0.2) is 0 Å². The molecule has 1 aromatic carbocycles. The lowest BCUT2D eigenvalue weighted by atomic mass is 10.1. The van der Waals surface area contributed by atoms with Crippen LogP contribution in [-0.4, -0.2) is 4.98 Å². The van der Waals surface area contributed by atoms with E-state index in [1.165, 1.54) is 5.56 Å². The summed E-state index contributed by atoms with van der Waals surface area (Å²) in [5.41, 5.74) is 8.57. The number of aromatic nitrogens is 1. The van der Waals surface area contributed by atoms with Crippen molar-refractivity contribution in [2.75, 3.05) is 5.73 Å². The van der Waals surface area contributed by atoms with E-state index in [-0.39, 0.29) is 0 Å². The number of rotatable bonds is 2. The van der Waals surface area contributed by atoms with Crippen molar-refractivity contribution in [3.05, 3.63) is 47.8 Å². The van der Waals surface area contributed by atoms with Gasteiger partial charge in [0, 0.05) is 6.07 Å². The number of hydrogen-bond acceptors (Lipinski definition) is 3. The minimum atomic E-state index is 0.600. The number of anilines is 1. The van der Waals surface area contributed by atoms with E-state index < -0.39 is 0 Å². The van der Waals surface area contributed by atoms with Gasteiger partial charge in [-0.15, -0.1) is 0 Å². The van der Waals surface area contributed by atoms with E-state index in [1.54, 1.807) is 18.5 Å². The molecule has 3 heteroatoms. The first-order valence-electron chi connectivity index (χ1n) is 5.11. The number of nitrogen functional groups attached to an aromatic ring is 1. The number of hydrogen-bond donors (Lipinski definition) is 1. The fourth-order valence-corrected chi connectivity index (χ4v) is 1.45. The molecular formula is C13H14N2O. The maximum Gasteiger partial charge on any atom is 0.147 e. The number of aryl methyl sites for hydroxylation is 1. The fraction of sp³-hybridized carbons (Fsp3) is 0.154. The Morgan fingerprint density at radius 1 is 1.19 bits per heavy atom. The van der Waals surface area contributed by atoms with Crippen molar-refractivity contribution in [2.24, 2.45) is 0 Å². The molecule has 0 saturated heterocycles. The molecule has 16 heavy (non-hydrogen) atoms. The molecule has 0 amide bonds. The monoisotopic (exact) mass is 214 g/mol. The summed E-state index contributed by atoms with van der Waals surface area (Å²) in [5, 5.41) is 0. The van der Waals surface area contributed by atoms with Crippen LogP contribution in [0.3, 0.4) is 0 Å². The van der Waals surface area contributed by atoms with Crippen molar-refractivity contribution in [3.63, 3.8) is 0 Å². The smallest absolute Gasteiger partial charge is 0.147 e. The molecule has 0 aliphatic rings. The highest BCUT2D eigenvalue weighted by Crippen LogP contribution is 2.26. The van der Waals surface area contributed by atoms with Crippen LogP contribution in [0.2, 0.25) is 0 Å². The van der Waals surface area contributed by atoms with E-state index in [9.17, 15) is 0 Å². The minimum Gasteiger partial charge on any atom is -0.455 e. The van der Waals surface area contributed by atoms with Crippen molar-refractivity contribution in [1.29, 1.82) is 0 Å². The van der Waals surface area contributed by atoms with Crippen LogP contribution < -0.4 is 10.5 Å². The molecule has 0 unspecified atom stereocenters. The van der Waals surface area contributed by atoms with E-state index in [0.717, 1.165) is 11.3 Å². The van der Waals surface area contributed by atoms with Crippen LogP contribution in [0, 0.1) is 13.8 Å². The zero-order chi connectivity index (χ0) is 11.5. The molecule has 82 valence electrons. The molecule has 0 bridgehead atoms. The Morgan fingerprint density at radius 3 is 2.75 bits per heavy atom. The summed E-state index contributed by atoms with van der Waals surface area (Å²) in [4.78, 5) is 3.98. The third-order valence-electron chi connectivity index (χ3n) is 2.52. The number of ether oxygens (including phenoxy) is 1. The second kappa shape index (κ2) is 4.23. The van der Waals surface area contributed by atoms with Gasteiger partial charge in [-0.05, 0) is 31.0 Å². The number of benzene rings is 1. The zero-order valence-corrected chi connectivity index (χ0v) is 9.40. The van der Waals surface area contributed by atoms with Crippen LogP contribution in [0.5, 0.6) is 11.5 Å². The highest BCUT2D eigenvalue weighted by Gasteiger charge is 2.03. The quantitative estimate of drug-likeness (QED) is 0.835. The first kappa shape index (κ1) is 10.5. The van der Waals surface area contributed by atoms with Gasteiger partial charge in [0.05, 0.1) is 18.1 Å². The van der Waals surface area contributed by atoms with Crippen LogP contribution in [0.25, 0.3) is 0 Å². The second-order valence-electron chi connectivity index (χ2n) is 3.75. The molecule has 0 aliphatic carbocycles. The molecule has 0 aliphatic heterocycles. The topological polar surface area (TPSA) is 48.1 Å². The van der Waals surface area contributed by atoms with E-state index in [0.29, 0.717) is 11.4 Å². The molecule has 2 rings (SSSR count). The molecule has 0 saturated carbocycles. The normalized spacial score (nSPS) is 10.1. The summed E-state index contributed by atoms with van der Waals surface area (Å²) in [7, 11) is 0. The molecule has 1 aromatic heterocycles. The van der Waals surface area contributed by atoms with Crippen LogP contribution >= 0.6 is 0 Å². The highest BCUT2D eigenvalue weighted by molar-refractivity contribution is 5.44. The van der Waals surface area contributed by atoms with E-state index in [4.69, 9.17) is 10.5 Å². The first-order chi connectivity index (χ1) is 7.66. The number of nitrogens with two attached hydrogens (primary N) is 1. The Bertz CT molecular complexity index is 509. The Balaban J connectivity index is 2.31. The van der Waals surface area contributed by atoms with Gasteiger partial charge >= 0.3 is 0 Å². The Labute approximate surface area is 94.9 Å². The van der Waals surface area contributed by atoms with Gasteiger partial charge in [0.1, 0.15) is 11.5 Å². The summed E-state index contributed by atoms with van der Waals surface area (Å²) in [6, 6.07) is 7.72. The molecule has 1 heterocycles. The van der Waals surface area contributed by atoms with Gasteiger partial charge in [-0.2, -0.15) is 0 Å². The Kier molecular flexibility index (Phi) is 2.77. The van der Waals surface area contributed by atoms with Gasteiger partial charge in [-0.3, -0.25) is 4.98 Å². The first-order valence-corrected chi connectivity index (χ1v) is 5.11. The predicted molar refractivity (Wildman–Crippen MR) is 64.6 cm³/mol. The van der Waals surface area contributed by atoms with E-state index >= 15 is 0 Å². The molecule has 0 spiro atoms. The molecule has 0 atom stereocenters. The largest absolute Gasteiger partial charge is 0.455 e. The van der Waals surface area contributed by atoms with Gasteiger partial charge in [0.2, 0.25) is 0 Å². The third-order valence-corrected chi connectivity index (χ3v) is 2.52. The van der Waals surface area contributed by atoms with Crippen LogP contribution in [0.4, 0.5) is 5.69 Å². The van der Waals surface area contributed by atoms with Crippen molar-refractivity contribution in [3.8, 4) is 11.5 Å². The van der Waals surface area contributed by atoms with Crippen molar-refractivity contribution in [2.45, 2.75) is 13.8 Å². The molecule has 2 N–H and O–H groups in total. The lowest BCUT2D eigenvalue weighted by Crippen LogP contribution is -1.92. The average Bonchev–Trinajstić information content (AvgIpc) is 2.25. The molecular weight excluding hydrogens is 200 g/mol. The number of nitrogens with zero attached hydrogens (tertiary/aromatic N) is 1. The van der Waals surface area contributed by atoms with Gasteiger partial charge in [0.25, 0.3) is 0 Å². The van der Waals surface area contributed by atoms with Crippen molar-refractivity contribution in [1.82, 2.24) is 4.98 Å². The van der Waals surface area contributed by atoms with Gasteiger partial charge in [0.15, 0.2) is 0 Å². The molecule has 0 fully saturated rings. The molecule has 2 aromatic rings. The lowest BCUT2D eigenvalue weighted by Gasteiger charge is -2.10. The van der Waals surface area contributed by atoms with Crippen LogP contribution in [-0.2, 0) is 0 Å². The minimum absolute atomic E-state index is 0.600. The predicted octanol–water partition coefficient (Wildman–Crippen LogP) is 3.07. The van der Waals surface area contributed by atoms with Gasteiger partial charge < -0.3 is 10.5 Å². The fourth-order valence-electron chi connectivity index (χ4n) is 1.45. The summed E-state index contributed by atoms with van der Waals surface area (Å²) in [5.74, 6) is 1.50. The zero-order valence-electron chi connectivity index (χ0n) is 9.40. The number of pyridine rings is 1. The van der Waals surface area contributed by atoms with Crippen LogP contribution in [0.15, 0.2) is 36.7 Å². The maximum atomic E-state index is 5.73. The van der Waals surface area contributed by atoms with Gasteiger partial charge in [-0.1, -0.05) is 12.1 Å². The Morgan fingerprint density at radius 2 is 2.00 bits per heavy atom. The summed E-state index contributed by atoms with van der Waals surface area (Å²) in [6.07, 6.45) is 3.24. The molecule has 0 radical (unpaired) electrons. The second-order valence-corrected chi connectivity index (χ2v) is 3.75. The van der Waals surface area contributed by atoms with E-state index in [1.807, 2.05) is 19.1 Å². The average molecular weight is 214 g/mol. The van der Waals surface area contributed by atoms with Crippen molar-refractivity contribution >= 4 is 5.69 Å². The lowest BCUT2D eigenvalue weighted by molar-refractivity contribution is 0.476. The van der Waals surface area contributed by atoms with E-state index in [2.05, 4.69) is 18.0 Å². The standard InChI is InChI=1S/C13H14N2O/c1-9-4-3-5-13(10(9)2)16-12-6-11(14)7-15-8-12/h3-8H,14H2,1-2H3. The summed E-state index contributed by atoms with van der Waals surface area (Å²) < 4.78 is 5.73. The maximum absolute atomic E-state index is 5.73.